The quantitative estimate of drug-likeness (QED) is 0.648. The number of carbonyl (C=O) groups is 1. The molecule has 2 aliphatic heterocycles. The molecule has 1 saturated heterocycles. The molecule has 2 bridgehead atoms. The van der Waals surface area contributed by atoms with Gasteiger partial charge in [-0.25, -0.2) is 19.7 Å². The van der Waals surface area contributed by atoms with Crippen LogP contribution in [-0.4, -0.2) is 45.1 Å². The fourth-order valence-corrected chi connectivity index (χ4v) is 4.11. The topological polar surface area (TPSA) is 87.1 Å². The molecule has 0 saturated carbocycles. The fourth-order valence-electron chi connectivity index (χ4n) is 4.11. The molecule has 5 heterocycles. The Morgan fingerprint density at radius 2 is 2.03 bits per heavy atom. The highest BCUT2D eigenvalue weighted by atomic mass is 19.4. The summed E-state index contributed by atoms with van der Waals surface area (Å²) in [7, 11) is 0. The Balaban J connectivity index is 1.55. The summed E-state index contributed by atoms with van der Waals surface area (Å²) in [5, 5.41) is 2.76. The summed E-state index contributed by atoms with van der Waals surface area (Å²) in [6.45, 7) is 1.49. The van der Waals surface area contributed by atoms with Crippen LogP contribution >= 0.6 is 0 Å². The Labute approximate surface area is 181 Å². The van der Waals surface area contributed by atoms with Crippen LogP contribution in [0, 0.1) is 0 Å². The van der Waals surface area contributed by atoms with Crippen LogP contribution in [0.15, 0.2) is 49.2 Å². The zero-order chi connectivity index (χ0) is 22.3. The van der Waals surface area contributed by atoms with Crippen LogP contribution in [0.3, 0.4) is 0 Å². The number of nitrogens with one attached hydrogen (secondary N) is 1. The molecule has 1 N–H and O–H groups in total. The van der Waals surface area contributed by atoms with Crippen LogP contribution in [-0.2, 0) is 6.18 Å². The highest BCUT2D eigenvalue weighted by molar-refractivity contribution is 6.04. The van der Waals surface area contributed by atoms with Gasteiger partial charge in [0, 0.05) is 37.2 Å². The highest BCUT2D eigenvalue weighted by Gasteiger charge is 2.38. The Morgan fingerprint density at radius 3 is 2.81 bits per heavy atom. The molecule has 3 aromatic rings. The molecule has 164 valence electrons. The lowest BCUT2D eigenvalue weighted by Crippen LogP contribution is -2.56. The predicted molar refractivity (Wildman–Crippen MR) is 111 cm³/mol. The Bertz CT molecular complexity index is 1160. The van der Waals surface area contributed by atoms with Gasteiger partial charge in [0.1, 0.15) is 12.1 Å². The lowest BCUT2D eigenvalue weighted by Gasteiger charge is -2.45. The average Bonchev–Trinajstić information content (AvgIpc) is 2.79. The molecule has 0 aliphatic carbocycles. The first kappa shape index (κ1) is 20.2. The molecular formula is C21H18F3N7O. The number of urea groups is 1. The second-order valence-corrected chi connectivity index (χ2v) is 7.64. The Hall–Kier alpha value is -3.76. The summed E-state index contributed by atoms with van der Waals surface area (Å²) in [6.07, 6.45) is 2.16. The third-order valence-electron chi connectivity index (χ3n) is 5.58. The van der Waals surface area contributed by atoms with E-state index in [1.165, 1.54) is 18.7 Å². The van der Waals surface area contributed by atoms with Crippen molar-refractivity contribution in [1.29, 1.82) is 0 Å². The molecule has 0 aromatic carbocycles. The normalized spacial score (nSPS) is 17.7. The number of anilines is 3. The predicted octanol–water partition coefficient (Wildman–Crippen LogP) is 3.97. The van der Waals surface area contributed by atoms with Gasteiger partial charge in [0.2, 0.25) is 0 Å². The van der Waals surface area contributed by atoms with Crippen molar-refractivity contribution in [3.63, 3.8) is 0 Å². The van der Waals surface area contributed by atoms with E-state index in [2.05, 4.69) is 30.2 Å². The first-order chi connectivity index (χ1) is 15.4. The van der Waals surface area contributed by atoms with E-state index in [9.17, 15) is 18.0 Å². The van der Waals surface area contributed by atoms with Crippen molar-refractivity contribution in [3.8, 4) is 11.3 Å². The van der Waals surface area contributed by atoms with Crippen molar-refractivity contribution in [2.24, 2.45) is 0 Å². The van der Waals surface area contributed by atoms with Gasteiger partial charge < -0.3 is 4.90 Å². The number of piperidine rings is 1. The maximum atomic E-state index is 13.2. The smallest absolute Gasteiger partial charge is 0.366 e. The second kappa shape index (κ2) is 7.74. The minimum atomic E-state index is -4.51. The lowest BCUT2D eigenvalue weighted by molar-refractivity contribution is -0.137. The number of alkyl halides is 3. The van der Waals surface area contributed by atoms with Gasteiger partial charge in [-0.05, 0) is 37.1 Å². The number of nitrogens with zero attached hydrogens (tertiary/aromatic N) is 6. The van der Waals surface area contributed by atoms with Crippen LogP contribution in [0.5, 0.6) is 0 Å². The summed E-state index contributed by atoms with van der Waals surface area (Å²) < 4.78 is 39.4. The molecule has 11 heteroatoms. The molecule has 2 amide bonds. The molecule has 0 spiro atoms. The molecule has 1 fully saturated rings. The van der Waals surface area contributed by atoms with E-state index in [1.54, 1.807) is 23.1 Å². The van der Waals surface area contributed by atoms with Crippen LogP contribution in [0.1, 0.15) is 18.4 Å². The number of halogens is 3. The summed E-state index contributed by atoms with van der Waals surface area (Å²) >= 11 is 0. The van der Waals surface area contributed by atoms with E-state index in [1.807, 2.05) is 0 Å². The minimum absolute atomic E-state index is 0.111. The summed E-state index contributed by atoms with van der Waals surface area (Å²) in [6, 6.07) is 5.53. The summed E-state index contributed by atoms with van der Waals surface area (Å²) in [5.41, 5.74) is 0.448. The van der Waals surface area contributed by atoms with Crippen LogP contribution in [0.25, 0.3) is 11.3 Å². The van der Waals surface area contributed by atoms with E-state index in [-0.39, 0.29) is 11.6 Å². The van der Waals surface area contributed by atoms with Crippen molar-refractivity contribution >= 4 is 23.4 Å². The maximum absolute atomic E-state index is 13.2. The molecule has 1 atom stereocenters. The van der Waals surface area contributed by atoms with E-state index in [4.69, 9.17) is 0 Å². The summed E-state index contributed by atoms with van der Waals surface area (Å²) in [5.74, 6) is 0.755. The van der Waals surface area contributed by atoms with Gasteiger partial charge in [-0.15, -0.1) is 0 Å². The third kappa shape index (κ3) is 3.70. The van der Waals surface area contributed by atoms with Gasteiger partial charge in [0.25, 0.3) is 0 Å². The lowest BCUT2D eigenvalue weighted by atomic mass is 9.99. The Morgan fingerprint density at radius 1 is 1.16 bits per heavy atom. The monoisotopic (exact) mass is 441 g/mol. The largest absolute Gasteiger partial charge is 0.417 e. The zero-order valence-electron chi connectivity index (χ0n) is 16.8. The van der Waals surface area contributed by atoms with Gasteiger partial charge in [-0.3, -0.25) is 15.2 Å². The number of carbonyl (C=O) groups excluding carboxylic acids is 1. The van der Waals surface area contributed by atoms with Crippen LogP contribution in [0.2, 0.25) is 0 Å². The molecule has 3 aromatic heterocycles. The number of fused-ring (bicyclic) bond motifs is 4. The minimum Gasteiger partial charge on any atom is -0.366 e. The third-order valence-corrected chi connectivity index (χ3v) is 5.58. The van der Waals surface area contributed by atoms with Crippen LogP contribution in [0.4, 0.5) is 35.3 Å². The molecule has 2 aliphatic rings. The molecule has 5 rings (SSSR count). The number of aromatic nitrogens is 4. The van der Waals surface area contributed by atoms with E-state index in [0.717, 1.165) is 37.3 Å². The fraction of sp³-hybridized carbons (Fsp3) is 0.286. The van der Waals surface area contributed by atoms with Gasteiger partial charge in [-0.2, -0.15) is 13.2 Å². The number of amides is 2. The standard InChI is InChI=1S/C21H18F3N7O/c22-21(23,24)14-8-13(9-26-10-14)16-3-4-17-19(28-16)31(15-2-1-7-30(17)11-15)20(32)29-18-5-6-25-12-27-18/h3-6,8-10,12,15H,1-2,7,11H2,(H,25,27,29,32)/t15-/m0/s1. The van der Waals surface area contributed by atoms with Crippen molar-refractivity contribution in [3.05, 3.63) is 54.7 Å². The first-order valence-electron chi connectivity index (χ1n) is 10.0. The highest BCUT2D eigenvalue weighted by Crippen LogP contribution is 2.40. The number of pyridine rings is 2. The molecular weight excluding hydrogens is 423 g/mol. The van der Waals surface area contributed by atoms with Crippen LogP contribution < -0.4 is 15.1 Å². The van der Waals surface area contributed by atoms with Gasteiger partial charge in [-0.1, -0.05) is 0 Å². The second-order valence-electron chi connectivity index (χ2n) is 7.64. The van der Waals surface area contributed by atoms with Crippen molar-refractivity contribution in [2.75, 3.05) is 28.2 Å². The van der Waals surface area contributed by atoms with Gasteiger partial charge in [0.05, 0.1) is 23.0 Å². The van der Waals surface area contributed by atoms with E-state index in [0.29, 0.717) is 23.9 Å². The van der Waals surface area contributed by atoms with Crippen molar-refractivity contribution < 1.29 is 18.0 Å². The Kier molecular flexibility index (Phi) is 4.87. The van der Waals surface area contributed by atoms with Gasteiger partial charge in [0.15, 0.2) is 5.82 Å². The van der Waals surface area contributed by atoms with Crippen molar-refractivity contribution in [2.45, 2.75) is 25.1 Å². The number of rotatable bonds is 2. The number of hydrogen-bond acceptors (Lipinski definition) is 6. The zero-order valence-corrected chi connectivity index (χ0v) is 16.8. The molecule has 0 radical (unpaired) electrons. The maximum Gasteiger partial charge on any atom is 0.417 e. The molecule has 32 heavy (non-hydrogen) atoms. The first-order valence-corrected chi connectivity index (χ1v) is 10.0. The van der Waals surface area contributed by atoms with E-state index < -0.39 is 17.8 Å². The van der Waals surface area contributed by atoms with Crippen molar-refractivity contribution in [1.82, 2.24) is 19.9 Å². The summed E-state index contributed by atoms with van der Waals surface area (Å²) in [4.78, 5) is 33.1. The molecule has 8 nitrogen and oxygen atoms in total. The number of hydrogen-bond donors (Lipinski definition) is 1. The van der Waals surface area contributed by atoms with E-state index >= 15 is 0 Å². The average molecular weight is 441 g/mol. The van der Waals surface area contributed by atoms with Gasteiger partial charge >= 0.3 is 12.2 Å². The molecule has 0 unspecified atom stereocenters. The SMILES string of the molecule is O=C(Nc1ccncn1)N1c2nc(-c3cncc(C(F)(F)F)c3)ccc2N2CCC[C@H]1C2.